The van der Waals surface area contributed by atoms with Crippen LogP contribution in [0, 0.1) is 17.2 Å². The molecule has 1 aromatic rings. The van der Waals surface area contributed by atoms with Gasteiger partial charge in [-0.2, -0.15) is 9.57 Å². The molecule has 0 spiro atoms. The summed E-state index contributed by atoms with van der Waals surface area (Å²) in [6.07, 6.45) is 3.12. The average molecular weight is 262 g/mol. The molecule has 5 heteroatoms. The second kappa shape index (κ2) is 4.08. The van der Waals surface area contributed by atoms with Crippen LogP contribution in [0.15, 0.2) is 29.2 Å². The number of sulfonamides is 1. The Kier molecular flexibility index (Phi) is 2.65. The molecule has 2 unspecified atom stereocenters. The lowest BCUT2D eigenvalue weighted by molar-refractivity contribution is 0.333. The number of piperidine rings is 1. The van der Waals surface area contributed by atoms with E-state index in [0.29, 0.717) is 18.0 Å². The third-order valence-corrected chi connectivity index (χ3v) is 5.84. The zero-order valence-corrected chi connectivity index (χ0v) is 10.7. The van der Waals surface area contributed by atoms with Gasteiger partial charge in [-0.15, -0.1) is 0 Å². The van der Waals surface area contributed by atoms with Crippen LogP contribution in [0.1, 0.15) is 24.8 Å². The van der Waals surface area contributed by atoms with Crippen molar-refractivity contribution in [1.82, 2.24) is 4.31 Å². The van der Waals surface area contributed by atoms with Crippen LogP contribution in [0.3, 0.4) is 0 Å². The molecule has 4 nitrogen and oxygen atoms in total. The van der Waals surface area contributed by atoms with Gasteiger partial charge in [-0.1, -0.05) is 6.07 Å². The Balaban J connectivity index is 1.97. The molecule has 1 saturated heterocycles. The second-order valence-corrected chi connectivity index (χ2v) is 6.94. The van der Waals surface area contributed by atoms with Gasteiger partial charge in [0, 0.05) is 12.6 Å². The summed E-state index contributed by atoms with van der Waals surface area (Å²) in [7, 11) is -3.42. The highest BCUT2D eigenvalue weighted by Crippen LogP contribution is 2.40. The topological polar surface area (TPSA) is 61.2 Å². The summed E-state index contributed by atoms with van der Waals surface area (Å²) in [5.41, 5.74) is 0.389. The van der Waals surface area contributed by atoms with E-state index < -0.39 is 10.0 Å². The Bertz CT molecular complexity index is 618. The summed E-state index contributed by atoms with van der Waals surface area (Å²) < 4.78 is 26.6. The molecule has 1 aromatic carbocycles. The summed E-state index contributed by atoms with van der Waals surface area (Å²) in [5.74, 6) is 0.531. The molecule has 1 saturated carbocycles. The number of hydrogen-bond acceptors (Lipinski definition) is 3. The highest BCUT2D eigenvalue weighted by molar-refractivity contribution is 7.89. The predicted molar refractivity (Wildman–Crippen MR) is 66.2 cm³/mol. The van der Waals surface area contributed by atoms with E-state index in [9.17, 15) is 8.42 Å². The summed E-state index contributed by atoms with van der Waals surface area (Å²) in [6, 6.07) is 8.43. The standard InChI is InChI=1S/C13H14N2O2S/c14-8-10-2-1-3-13(7-10)18(16,17)15-9-11-4-5-12(15)6-11/h1-3,7,11-12H,4-6,9H2. The van der Waals surface area contributed by atoms with Crippen molar-refractivity contribution in [2.75, 3.05) is 6.54 Å². The number of nitriles is 1. The van der Waals surface area contributed by atoms with E-state index in [4.69, 9.17) is 5.26 Å². The number of benzene rings is 1. The molecule has 94 valence electrons. The van der Waals surface area contributed by atoms with Gasteiger partial charge in [-0.3, -0.25) is 0 Å². The molecule has 3 rings (SSSR count). The lowest BCUT2D eigenvalue weighted by Crippen LogP contribution is -2.37. The van der Waals surface area contributed by atoms with E-state index in [1.807, 2.05) is 6.07 Å². The maximum atomic E-state index is 12.5. The lowest BCUT2D eigenvalue weighted by atomic mass is 10.1. The van der Waals surface area contributed by atoms with Crippen molar-refractivity contribution in [3.8, 4) is 6.07 Å². The summed E-state index contributed by atoms with van der Waals surface area (Å²) in [5, 5.41) is 8.84. The van der Waals surface area contributed by atoms with Crippen LogP contribution in [0.2, 0.25) is 0 Å². The third kappa shape index (κ3) is 1.73. The first-order chi connectivity index (χ1) is 8.61. The van der Waals surface area contributed by atoms with Crippen molar-refractivity contribution in [2.24, 2.45) is 5.92 Å². The maximum Gasteiger partial charge on any atom is 0.243 e. The van der Waals surface area contributed by atoms with Gasteiger partial charge in [-0.05, 0) is 43.4 Å². The molecule has 0 amide bonds. The van der Waals surface area contributed by atoms with Gasteiger partial charge >= 0.3 is 0 Å². The van der Waals surface area contributed by atoms with Crippen LogP contribution in [0.25, 0.3) is 0 Å². The highest BCUT2D eigenvalue weighted by atomic mass is 32.2. The molecule has 1 aliphatic carbocycles. The summed E-state index contributed by atoms with van der Waals surface area (Å²) >= 11 is 0. The Morgan fingerprint density at radius 1 is 1.33 bits per heavy atom. The fourth-order valence-corrected chi connectivity index (χ4v) is 4.82. The molecular formula is C13H14N2O2S. The van der Waals surface area contributed by atoms with Gasteiger partial charge < -0.3 is 0 Å². The minimum atomic E-state index is -3.42. The number of hydrogen-bond donors (Lipinski definition) is 0. The first kappa shape index (κ1) is 11.7. The van der Waals surface area contributed by atoms with Gasteiger partial charge in [0.25, 0.3) is 0 Å². The molecule has 0 N–H and O–H groups in total. The minimum absolute atomic E-state index is 0.172. The van der Waals surface area contributed by atoms with Gasteiger partial charge in [0.1, 0.15) is 0 Å². The number of nitrogens with zero attached hydrogens (tertiary/aromatic N) is 2. The van der Waals surface area contributed by atoms with Crippen molar-refractivity contribution in [1.29, 1.82) is 5.26 Å². The minimum Gasteiger partial charge on any atom is -0.207 e. The van der Waals surface area contributed by atoms with Crippen molar-refractivity contribution in [3.05, 3.63) is 29.8 Å². The Labute approximate surface area is 107 Å². The monoisotopic (exact) mass is 262 g/mol. The Morgan fingerprint density at radius 2 is 2.17 bits per heavy atom. The molecule has 2 fully saturated rings. The van der Waals surface area contributed by atoms with Crippen LogP contribution in [-0.2, 0) is 10.0 Å². The van der Waals surface area contributed by atoms with E-state index >= 15 is 0 Å². The van der Waals surface area contributed by atoms with Crippen LogP contribution in [-0.4, -0.2) is 25.3 Å². The lowest BCUT2D eigenvalue weighted by Gasteiger charge is -2.26. The van der Waals surface area contributed by atoms with Gasteiger partial charge in [-0.25, -0.2) is 8.42 Å². The van der Waals surface area contributed by atoms with Gasteiger partial charge in [0.05, 0.1) is 16.5 Å². The Hall–Kier alpha value is -1.38. The van der Waals surface area contributed by atoms with E-state index in [1.165, 1.54) is 6.07 Å². The molecule has 1 heterocycles. The third-order valence-electron chi connectivity index (χ3n) is 3.93. The largest absolute Gasteiger partial charge is 0.243 e. The van der Waals surface area contributed by atoms with E-state index in [2.05, 4.69) is 0 Å². The SMILES string of the molecule is N#Cc1cccc(S(=O)(=O)N2CC3CCC2C3)c1. The number of rotatable bonds is 2. The Morgan fingerprint density at radius 3 is 2.78 bits per heavy atom. The molecule has 18 heavy (non-hydrogen) atoms. The molecular weight excluding hydrogens is 248 g/mol. The fourth-order valence-electron chi connectivity index (χ4n) is 3.04. The number of fused-ring (bicyclic) bond motifs is 2. The predicted octanol–water partition coefficient (Wildman–Crippen LogP) is 1.73. The second-order valence-electron chi connectivity index (χ2n) is 5.05. The normalized spacial score (nSPS) is 27.3. The molecule has 1 aliphatic heterocycles. The zero-order valence-electron chi connectivity index (χ0n) is 9.91. The fraction of sp³-hybridized carbons (Fsp3) is 0.462. The van der Waals surface area contributed by atoms with Crippen molar-refractivity contribution < 1.29 is 8.42 Å². The van der Waals surface area contributed by atoms with Crippen molar-refractivity contribution >= 4 is 10.0 Å². The van der Waals surface area contributed by atoms with Crippen LogP contribution in [0.4, 0.5) is 0 Å². The smallest absolute Gasteiger partial charge is 0.207 e. The maximum absolute atomic E-state index is 12.5. The van der Waals surface area contributed by atoms with Crippen LogP contribution in [0.5, 0.6) is 0 Å². The van der Waals surface area contributed by atoms with E-state index in [0.717, 1.165) is 19.3 Å². The van der Waals surface area contributed by atoms with Crippen molar-refractivity contribution in [2.45, 2.75) is 30.2 Å². The highest BCUT2D eigenvalue weighted by Gasteiger charge is 2.44. The molecule has 0 aromatic heterocycles. The van der Waals surface area contributed by atoms with Crippen LogP contribution < -0.4 is 0 Å². The van der Waals surface area contributed by atoms with Gasteiger partial charge in [0.2, 0.25) is 10.0 Å². The molecule has 2 atom stereocenters. The van der Waals surface area contributed by atoms with Gasteiger partial charge in [0.15, 0.2) is 0 Å². The average Bonchev–Trinajstić information content (AvgIpc) is 3.01. The summed E-state index contributed by atoms with van der Waals surface area (Å²) in [6.45, 7) is 0.643. The first-order valence-electron chi connectivity index (χ1n) is 6.13. The quantitative estimate of drug-likeness (QED) is 0.815. The first-order valence-corrected chi connectivity index (χ1v) is 7.57. The zero-order chi connectivity index (χ0) is 12.8. The molecule has 2 aliphatic rings. The van der Waals surface area contributed by atoms with E-state index in [1.54, 1.807) is 22.5 Å². The van der Waals surface area contributed by atoms with Crippen LogP contribution >= 0.6 is 0 Å². The van der Waals surface area contributed by atoms with E-state index in [-0.39, 0.29) is 10.9 Å². The van der Waals surface area contributed by atoms with Crippen molar-refractivity contribution in [3.63, 3.8) is 0 Å². The molecule has 0 radical (unpaired) electrons. The summed E-state index contributed by atoms with van der Waals surface area (Å²) in [4.78, 5) is 0.245. The molecule has 2 bridgehead atoms.